The van der Waals surface area contributed by atoms with Gasteiger partial charge in [0, 0.05) is 23.0 Å². The van der Waals surface area contributed by atoms with Crippen LogP contribution in [-0.4, -0.2) is 10.9 Å². The summed E-state index contributed by atoms with van der Waals surface area (Å²) >= 11 is 1.74. The molecule has 1 aliphatic rings. The van der Waals surface area contributed by atoms with Crippen LogP contribution in [0.25, 0.3) is 0 Å². The Kier molecular flexibility index (Phi) is 4.76. The molecule has 0 fully saturated rings. The number of aliphatic hydroxyl groups is 1. The van der Waals surface area contributed by atoms with Gasteiger partial charge in [-0.05, 0) is 53.6 Å². The molecular formula is C17H17F2NOS. The van der Waals surface area contributed by atoms with E-state index in [1.54, 1.807) is 30.0 Å². The minimum absolute atomic E-state index is 0.0922. The maximum absolute atomic E-state index is 13.5. The van der Waals surface area contributed by atoms with Gasteiger partial charge in [-0.15, -0.1) is 11.8 Å². The fourth-order valence-corrected chi connectivity index (χ4v) is 3.78. The summed E-state index contributed by atoms with van der Waals surface area (Å²) in [6, 6.07) is 9.72. The van der Waals surface area contributed by atoms with Gasteiger partial charge in [-0.3, -0.25) is 0 Å². The Bertz CT molecular complexity index is 678. The van der Waals surface area contributed by atoms with Crippen LogP contribution in [0.3, 0.4) is 0 Å². The molecule has 0 aliphatic carbocycles. The number of benzene rings is 2. The molecule has 2 aromatic carbocycles. The van der Waals surface area contributed by atoms with Gasteiger partial charge in [-0.1, -0.05) is 6.07 Å². The summed E-state index contributed by atoms with van der Waals surface area (Å²) in [5.74, 6) is 0.367. The van der Waals surface area contributed by atoms with E-state index in [-0.39, 0.29) is 18.5 Å². The van der Waals surface area contributed by atoms with Gasteiger partial charge in [0.25, 0.3) is 0 Å². The highest BCUT2D eigenvalue weighted by Crippen LogP contribution is 2.36. The number of rotatable bonds is 4. The highest BCUT2D eigenvalue weighted by molar-refractivity contribution is 7.99. The first-order valence-corrected chi connectivity index (χ1v) is 8.19. The van der Waals surface area contributed by atoms with Crippen LogP contribution >= 0.6 is 11.8 Å². The summed E-state index contributed by atoms with van der Waals surface area (Å²) in [5.41, 5.74) is 2.19. The van der Waals surface area contributed by atoms with Gasteiger partial charge in [-0.25, -0.2) is 8.78 Å². The van der Waals surface area contributed by atoms with Crippen molar-refractivity contribution in [3.63, 3.8) is 0 Å². The Morgan fingerprint density at radius 1 is 1.18 bits per heavy atom. The SMILES string of the molecule is OCc1cc(CNC2CCSc3ccc(F)cc32)ccc1F. The zero-order valence-corrected chi connectivity index (χ0v) is 12.8. The van der Waals surface area contributed by atoms with Crippen LogP contribution in [0.2, 0.25) is 0 Å². The molecule has 0 amide bonds. The minimum Gasteiger partial charge on any atom is -0.392 e. The number of hydrogen-bond donors (Lipinski definition) is 2. The van der Waals surface area contributed by atoms with Crippen LogP contribution in [0.15, 0.2) is 41.3 Å². The van der Waals surface area contributed by atoms with Gasteiger partial charge in [0.1, 0.15) is 11.6 Å². The average Bonchev–Trinajstić information content (AvgIpc) is 2.54. The Labute approximate surface area is 132 Å². The van der Waals surface area contributed by atoms with Gasteiger partial charge in [0.05, 0.1) is 6.61 Å². The third-order valence-electron chi connectivity index (χ3n) is 3.84. The fourth-order valence-electron chi connectivity index (χ4n) is 2.68. The lowest BCUT2D eigenvalue weighted by atomic mass is 10.0. The molecule has 2 aromatic rings. The summed E-state index contributed by atoms with van der Waals surface area (Å²) in [6.45, 7) is 0.242. The van der Waals surface area contributed by atoms with Gasteiger partial charge in [0.2, 0.25) is 0 Å². The second-order valence-corrected chi connectivity index (χ2v) is 6.47. The van der Waals surface area contributed by atoms with Crippen molar-refractivity contribution in [2.24, 2.45) is 0 Å². The molecular weight excluding hydrogens is 304 g/mol. The minimum atomic E-state index is -0.396. The molecule has 1 aliphatic heterocycles. The molecule has 5 heteroatoms. The summed E-state index contributed by atoms with van der Waals surface area (Å²) in [7, 11) is 0. The third kappa shape index (κ3) is 3.32. The lowest BCUT2D eigenvalue weighted by Gasteiger charge is -2.26. The van der Waals surface area contributed by atoms with Crippen molar-refractivity contribution in [3.05, 3.63) is 64.7 Å². The average molecular weight is 321 g/mol. The van der Waals surface area contributed by atoms with Crippen molar-refractivity contribution < 1.29 is 13.9 Å². The van der Waals surface area contributed by atoms with Crippen LogP contribution in [-0.2, 0) is 13.2 Å². The topological polar surface area (TPSA) is 32.3 Å². The predicted octanol–water partition coefficient (Wildman–Crippen LogP) is 3.78. The number of nitrogens with one attached hydrogen (secondary N) is 1. The number of thioether (sulfide) groups is 1. The molecule has 0 saturated heterocycles. The monoisotopic (exact) mass is 321 g/mol. The maximum atomic E-state index is 13.5. The van der Waals surface area contributed by atoms with E-state index in [4.69, 9.17) is 5.11 Å². The molecule has 22 heavy (non-hydrogen) atoms. The highest BCUT2D eigenvalue weighted by Gasteiger charge is 2.20. The van der Waals surface area contributed by atoms with Crippen molar-refractivity contribution >= 4 is 11.8 Å². The van der Waals surface area contributed by atoms with E-state index in [1.165, 1.54) is 12.1 Å². The highest BCUT2D eigenvalue weighted by atomic mass is 32.2. The van der Waals surface area contributed by atoms with E-state index in [1.807, 2.05) is 6.07 Å². The first-order valence-electron chi connectivity index (χ1n) is 7.21. The molecule has 0 radical (unpaired) electrons. The number of halogens is 2. The van der Waals surface area contributed by atoms with Crippen LogP contribution < -0.4 is 5.32 Å². The molecule has 1 heterocycles. The molecule has 0 spiro atoms. The standard InChI is InChI=1S/C17H17F2NOS/c18-13-2-4-17-14(8-13)16(5-6-22-17)20-9-11-1-3-15(19)12(7-11)10-21/h1-4,7-8,16,20-21H,5-6,9-10H2. The molecule has 0 bridgehead atoms. The van der Waals surface area contributed by atoms with Gasteiger partial charge in [0.15, 0.2) is 0 Å². The van der Waals surface area contributed by atoms with Gasteiger partial charge in [-0.2, -0.15) is 0 Å². The lowest BCUT2D eigenvalue weighted by molar-refractivity contribution is 0.275. The molecule has 1 atom stereocenters. The Hall–Kier alpha value is -1.43. The van der Waals surface area contributed by atoms with Crippen LogP contribution in [0.4, 0.5) is 8.78 Å². The van der Waals surface area contributed by atoms with E-state index in [0.717, 1.165) is 28.2 Å². The zero-order chi connectivity index (χ0) is 15.5. The van der Waals surface area contributed by atoms with Crippen molar-refractivity contribution in [1.82, 2.24) is 5.32 Å². The number of aliphatic hydroxyl groups excluding tert-OH is 1. The summed E-state index contributed by atoms with van der Waals surface area (Å²) < 4.78 is 26.8. The molecule has 3 rings (SSSR count). The van der Waals surface area contributed by atoms with E-state index in [2.05, 4.69) is 5.32 Å². The summed E-state index contributed by atoms with van der Waals surface area (Å²) in [4.78, 5) is 1.11. The second-order valence-electron chi connectivity index (χ2n) is 5.34. The third-order valence-corrected chi connectivity index (χ3v) is 4.97. The van der Waals surface area contributed by atoms with Crippen LogP contribution in [0.5, 0.6) is 0 Å². The number of fused-ring (bicyclic) bond motifs is 1. The molecule has 116 valence electrons. The Morgan fingerprint density at radius 2 is 2.05 bits per heavy atom. The van der Waals surface area contributed by atoms with E-state index < -0.39 is 5.82 Å². The smallest absolute Gasteiger partial charge is 0.128 e. The first-order chi connectivity index (χ1) is 10.7. The fraction of sp³-hybridized carbons (Fsp3) is 0.294. The van der Waals surface area contributed by atoms with Gasteiger partial charge >= 0.3 is 0 Å². The summed E-state index contributed by atoms with van der Waals surface area (Å²) in [6.07, 6.45) is 0.926. The van der Waals surface area contributed by atoms with Crippen LogP contribution in [0, 0.1) is 11.6 Å². The summed E-state index contributed by atoms with van der Waals surface area (Å²) in [5, 5.41) is 12.5. The largest absolute Gasteiger partial charge is 0.392 e. The Morgan fingerprint density at radius 3 is 2.86 bits per heavy atom. The van der Waals surface area contributed by atoms with Crippen molar-refractivity contribution in [2.75, 3.05) is 5.75 Å². The zero-order valence-electron chi connectivity index (χ0n) is 12.0. The maximum Gasteiger partial charge on any atom is 0.128 e. The molecule has 0 aromatic heterocycles. The van der Waals surface area contributed by atoms with E-state index in [9.17, 15) is 8.78 Å². The first kappa shape index (κ1) is 15.5. The second kappa shape index (κ2) is 6.77. The number of hydrogen-bond acceptors (Lipinski definition) is 3. The van der Waals surface area contributed by atoms with Crippen molar-refractivity contribution in [2.45, 2.75) is 30.5 Å². The quantitative estimate of drug-likeness (QED) is 0.899. The molecule has 2 N–H and O–H groups in total. The van der Waals surface area contributed by atoms with Crippen molar-refractivity contribution in [3.8, 4) is 0 Å². The lowest BCUT2D eigenvalue weighted by Crippen LogP contribution is -2.24. The molecule has 1 unspecified atom stereocenters. The normalized spacial score (nSPS) is 17.3. The molecule has 0 saturated carbocycles. The van der Waals surface area contributed by atoms with E-state index in [0.29, 0.717) is 12.1 Å². The van der Waals surface area contributed by atoms with Gasteiger partial charge < -0.3 is 10.4 Å². The van der Waals surface area contributed by atoms with Crippen molar-refractivity contribution in [1.29, 1.82) is 0 Å². The van der Waals surface area contributed by atoms with Crippen LogP contribution in [0.1, 0.15) is 29.2 Å². The Balaban J connectivity index is 1.74. The predicted molar refractivity (Wildman–Crippen MR) is 83.6 cm³/mol. The van der Waals surface area contributed by atoms with E-state index >= 15 is 0 Å². The molecule has 2 nitrogen and oxygen atoms in total.